The van der Waals surface area contributed by atoms with Gasteiger partial charge in [-0.1, -0.05) is 37.6 Å². The monoisotopic (exact) mass is 383 g/mol. The number of para-hydroxylation sites is 1. The number of amides is 2. The van der Waals surface area contributed by atoms with Gasteiger partial charge in [-0.25, -0.2) is 0 Å². The van der Waals surface area contributed by atoms with Gasteiger partial charge in [-0.05, 0) is 43.1 Å². The molecular weight excluding hydrogens is 357 g/mol. The van der Waals surface area contributed by atoms with Crippen molar-refractivity contribution in [3.63, 3.8) is 0 Å². The molecule has 0 unspecified atom stereocenters. The fourth-order valence-corrected chi connectivity index (χ4v) is 5.22. The van der Waals surface area contributed by atoms with Crippen LogP contribution in [0.3, 0.4) is 0 Å². The summed E-state index contributed by atoms with van der Waals surface area (Å²) in [5.74, 6) is -1.15. The van der Waals surface area contributed by atoms with Crippen molar-refractivity contribution in [3.05, 3.63) is 40.9 Å². The first kappa shape index (κ1) is 19.2. The number of phenolic OH excluding ortho intramolecular Hbond substituents is 1. The highest BCUT2D eigenvalue weighted by atomic mass is 16.5. The summed E-state index contributed by atoms with van der Waals surface area (Å²) < 4.78 is 5.87. The minimum Gasteiger partial charge on any atom is -0.508 e. The van der Waals surface area contributed by atoms with Gasteiger partial charge in [0.2, 0.25) is 11.8 Å². The predicted molar refractivity (Wildman–Crippen MR) is 104 cm³/mol. The van der Waals surface area contributed by atoms with Crippen LogP contribution in [0.4, 0.5) is 0 Å². The Morgan fingerprint density at radius 2 is 1.93 bits per heavy atom. The first-order valence-electron chi connectivity index (χ1n) is 10.2. The van der Waals surface area contributed by atoms with Gasteiger partial charge in [0, 0.05) is 12.1 Å². The summed E-state index contributed by atoms with van der Waals surface area (Å²) in [7, 11) is -1.12. The summed E-state index contributed by atoms with van der Waals surface area (Å²) in [6.45, 7) is 4.40. The Balaban J connectivity index is 1.74. The van der Waals surface area contributed by atoms with Gasteiger partial charge in [-0.15, -0.1) is 0 Å². The second-order valence-corrected chi connectivity index (χ2v) is 7.96. The molecule has 1 aromatic carbocycles. The Morgan fingerprint density at radius 3 is 2.61 bits per heavy atom. The van der Waals surface area contributed by atoms with Crippen molar-refractivity contribution in [2.75, 3.05) is 6.54 Å². The van der Waals surface area contributed by atoms with Crippen LogP contribution in [0.1, 0.15) is 51.2 Å². The molecule has 0 spiro atoms. The highest BCUT2D eigenvalue weighted by Crippen LogP contribution is 2.52. The second-order valence-electron chi connectivity index (χ2n) is 7.96. The molecule has 4 rings (SSSR count). The van der Waals surface area contributed by atoms with E-state index >= 15 is 0 Å². The molecule has 2 N–H and O–H groups in total. The summed E-state index contributed by atoms with van der Waals surface area (Å²) in [6, 6.07) is 6.90. The number of allylic oxidation sites excluding steroid dienone is 2. The summed E-state index contributed by atoms with van der Waals surface area (Å²) >= 11 is 0. The average molecular weight is 383 g/mol. The first-order chi connectivity index (χ1) is 13.5. The Kier molecular flexibility index (Phi) is 5.06. The summed E-state index contributed by atoms with van der Waals surface area (Å²) in [5.41, 5.74) is 2.40. The number of fused-ring (bicyclic) bond motifs is 3. The predicted octanol–water partition coefficient (Wildman–Crippen LogP) is 2.61. The number of aromatic hydroxyl groups is 1. The number of carbonyl (C=O) groups is 2. The third kappa shape index (κ3) is 2.88. The highest BCUT2D eigenvalue weighted by molar-refractivity contribution is 6.53. The smallest absolute Gasteiger partial charge is 0.487 e. The summed E-state index contributed by atoms with van der Waals surface area (Å²) in [6.07, 6.45) is 1.90. The van der Waals surface area contributed by atoms with Crippen LogP contribution in [0.5, 0.6) is 5.75 Å². The first-order valence-corrected chi connectivity index (χ1v) is 10.2. The molecule has 1 aliphatic carbocycles. The maximum atomic E-state index is 13.1. The molecule has 1 aromatic rings. The van der Waals surface area contributed by atoms with E-state index in [1.807, 2.05) is 19.9 Å². The SMILES string of the molecule is CCCN1C(=O)[C@H]2[C@H](CC(CC)=C3B(O)O[C@H](c4ccccc4O)C[C@H]32)C1=O. The fraction of sp³-hybridized carbons (Fsp3) is 0.524. The molecule has 0 bridgehead atoms. The molecule has 28 heavy (non-hydrogen) atoms. The van der Waals surface area contributed by atoms with Crippen molar-refractivity contribution < 1.29 is 24.4 Å². The quantitative estimate of drug-likeness (QED) is 0.617. The maximum absolute atomic E-state index is 13.1. The molecule has 2 heterocycles. The van der Waals surface area contributed by atoms with E-state index in [1.54, 1.807) is 18.2 Å². The number of hydrogen-bond acceptors (Lipinski definition) is 5. The second kappa shape index (κ2) is 7.37. The number of likely N-dealkylation sites (tertiary alicyclic amines) is 1. The molecule has 148 valence electrons. The van der Waals surface area contributed by atoms with E-state index in [1.165, 1.54) is 4.90 Å². The third-order valence-corrected chi connectivity index (χ3v) is 6.46. The normalized spacial score (nSPS) is 30.0. The van der Waals surface area contributed by atoms with E-state index in [9.17, 15) is 19.7 Å². The lowest BCUT2D eigenvalue weighted by Crippen LogP contribution is -2.44. The molecule has 0 radical (unpaired) electrons. The van der Waals surface area contributed by atoms with Crippen molar-refractivity contribution in [1.82, 2.24) is 4.90 Å². The molecule has 0 saturated carbocycles. The fourth-order valence-electron chi connectivity index (χ4n) is 5.22. The van der Waals surface area contributed by atoms with Gasteiger partial charge < -0.3 is 14.8 Å². The van der Waals surface area contributed by atoms with Crippen LogP contribution in [0.25, 0.3) is 0 Å². The van der Waals surface area contributed by atoms with E-state index in [0.29, 0.717) is 31.4 Å². The topological polar surface area (TPSA) is 87.1 Å². The minimum atomic E-state index is -1.12. The number of imide groups is 1. The molecular formula is C21H26BNO5. The van der Waals surface area contributed by atoms with Gasteiger partial charge in [-0.3, -0.25) is 14.5 Å². The van der Waals surface area contributed by atoms with Crippen LogP contribution in [-0.2, 0) is 14.2 Å². The van der Waals surface area contributed by atoms with Crippen molar-refractivity contribution >= 4 is 18.9 Å². The van der Waals surface area contributed by atoms with E-state index in [-0.39, 0.29) is 29.4 Å². The maximum Gasteiger partial charge on any atom is 0.487 e. The lowest BCUT2D eigenvalue weighted by atomic mass is 9.55. The third-order valence-electron chi connectivity index (χ3n) is 6.46. The molecule has 0 aromatic heterocycles. The van der Waals surface area contributed by atoms with Gasteiger partial charge in [0.1, 0.15) is 5.75 Å². The molecule has 3 aliphatic rings. The van der Waals surface area contributed by atoms with Crippen molar-refractivity contribution in [3.8, 4) is 5.75 Å². The van der Waals surface area contributed by atoms with Crippen LogP contribution in [0, 0.1) is 17.8 Å². The van der Waals surface area contributed by atoms with Gasteiger partial charge in [0.05, 0.1) is 17.9 Å². The van der Waals surface area contributed by atoms with E-state index in [4.69, 9.17) is 4.65 Å². The van der Waals surface area contributed by atoms with Crippen LogP contribution < -0.4 is 0 Å². The van der Waals surface area contributed by atoms with Crippen LogP contribution >= 0.6 is 0 Å². The number of hydrogen-bond donors (Lipinski definition) is 2. The molecule has 7 heteroatoms. The van der Waals surface area contributed by atoms with Crippen LogP contribution in [0.2, 0.25) is 0 Å². The lowest BCUT2D eigenvalue weighted by molar-refractivity contribution is -0.140. The Morgan fingerprint density at radius 1 is 1.18 bits per heavy atom. The lowest BCUT2D eigenvalue weighted by Gasteiger charge is -2.42. The Labute approximate surface area is 165 Å². The molecule has 2 aliphatic heterocycles. The number of rotatable bonds is 4. The number of phenols is 1. The van der Waals surface area contributed by atoms with Crippen LogP contribution in [-0.4, -0.2) is 40.5 Å². The largest absolute Gasteiger partial charge is 0.508 e. The molecule has 2 saturated heterocycles. The van der Waals surface area contributed by atoms with Crippen LogP contribution in [0.15, 0.2) is 35.3 Å². The zero-order chi connectivity index (χ0) is 20.0. The van der Waals surface area contributed by atoms with E-state index in [0.717, 1.165) is 17.5 Å². The molecule has 2 fully saturated rings. The van der Waals surface area contributed by atoms with E-state index in [2.05, 4.69) is 0 Å². The van der Waals surface area contributed by atoms with Gasteiger partial charge in [-0.2, -0.15) is 0 Å². The molecule has 2 amide bonds. The van der Waals surface area contributed by atoms with Gasteiger partial charge in [0.15, 0.2) is 0 Å². The zero-order valence-electron chi connectivity index (χ0n) is 16.3. The summed E-state index contributed by atoms with van der Waals surface area (Å²) in [4.78, 5) is 27.4. The zero-order valence-corrected chi connectivity index (χ0v) is 16.3. The number of carbonyl (C=O) groups excluding carboxylic acids is 2. The van der Waals surface area contributed by atoms with E-state index < -0.39 is 19.1 Å². The standard InChI is InChI=1S/C21H26BNO5/c1-3-9-23-20(25)15-10-12(4-2)19-14(18(15)21(23)26)11-17(28-22(19)27)13-7-5-6-8-16(13)24/h5-8,14-15,17-18,24,27H,3-4,9-11H2,1-2H3/t14-,15-,17-,18+/m0/s1. The summed E-state index contributed by atoms with van der Waals surface area (Å²) in [5, 5.41) is 21.0. The molecule has 4 atom stereocenters. The Bertz CT molecular complexity index is 838. The number of nitrogens with zero attached hydrogens (tertiary/aromatic N) is 1. The van der Waals surface area contributed by atoms with Gasteiger partial charge >= 0.3 is 7.12 Å². The Hall–Kier alpha value is -2.12. The highest BCUT2D eigenvalue weighted by Gasteiger charge is 2.57. The average Bonchev–Trinajstić information content (AvgIpc) is 2.92. The van der Waals surface area contributed by atoms with Crippen molar-refractivity contribution in [2.24, 2.45) is 17.8 Å². The van der Waals surface area contributed by atoms with Crippen molar-refractivity contribution in [2.45, 2.75) is 45.6 Å². The van der Waals surface area contributed by atoms with Gasteiger partial charge in [0.25, 0.3) is 0 Å². The van der Waals surface area contributed by atoms with Crippen molar-refractivity contribution in [1.29, 1.82) is 0 Å². The number of benzene rings is 1. The molecule has 6 nitrogen and oxygen atoms in total. The minimum absolute atomic E-state index is 0.0815.